The normalized spacial score (nSPS) is 18.3. The minimum Gasteiger partial charge on any atom is -0.325 e. The molecule has 0 aromatic heterocycles. The van der Waals surface area contributed by atoms with Crippen molar-refractivity contribution in [3.8, 4) is 0 Å². The molecule has 0 atom stereocenters. The van der Waals surface area contributed by atoms with Crippen LogP contribution in [0.15, 0.2) is 53.5 Å². The number of carbonyl (C=O) groups excluding carboxylic acids is 2. The van der Waals surface area contributed by atoms with Crippen LogP contribution < -0.4 is 5.32 Å². The number of rotatable bonds is 4. The first-order valence-electron chi connectivity index (χ1n) is 10.8. The van der Waals surface area contributed by atoms with Crippen LogP contribution in [0.4, 0.5) is 5.69 Å². The monoisotopic (exact) mass is 403 g/mol. The second kappa shape index (κ2) is 8.42. The first-order valence-corrected chi connectivity index (χ1v) is 10.8. The summed E-state index contributed by atoms with van der Waals surface area (Å²) in [5.74, 6) is -0.323. The molecule has 1 N–H and O–H groups in total. The number of hydrogen-bond acceptors (Lipinski definition) is 3. The maximum absolute atomic E-state index is 13.4. The summed E-state index contributed by atoms with van der Waals surface area (Å²) in [4.78, 5) is 33.0. The van der Waals surface area contributed by atoms with Crippen LogP contribution in [0, 0.1) is 13.8 Å². The van der Waals surface area contributed by atoms with Crippen LogP contribution in [0.2, 0.25) is 0 Å². The molecular weight excluding hydrogens is 374 g/mol. The van der Waals surface area contributed by atoms with E-state index in [1.165, 1.54) is 0 Å². The molecule has 0 unspecified atom stereocenters. The molecule has 2 aromatic carbocycles. The molecule has 1 saturated carbocycles. The van der Waals surface area contributed by atoms with E-state index in [1.807, 2.05) is 62.4 Å². The van der Waals surface area contributed by atoms with Crippen LogP contribution in [0.5, 0.6) is 0 Å². The van der Waals surface area contributed by atoms with Crippen molar-refractivity contribution in [1.29, 1.82) is 0 Å². The molecule has 30 heavy (non-hydrogen) atoms. The first kappa shape index (κ1) is 20.3. The number of hydrogen-bond donors (Lipinski definition) is 1. The number of nitrogens with one attached hydrogen (secondary N) is 1. The van der Waals surface area contributed by atoms with Crippen molar-refractivity contribution in [2.45, 2.75) is 58.0 Å². The molecule has 156 valence electrons. The van der Waals surface area contributed by atoms with E-state index in [-0.39, 0.29) is 18.4 Å². The van der Waals surface area contributed by atoms with Gasteiger partial charge in [0.05, 0.1) is 0 Å². The average Bonchev–Trinajstić information content (AvgIpc) is 2.88. The largest absolute Gasteiger partial charge is 0.325 e. The number of aliphatic imine (C=N–C) groups is 1. The fraction of sp³-hybridized carbons (Fsp3) is 0.400. The molecule has 1 heterocycles. The van der Waals surface area contributed by atoms with Gasteiger partial charge in [0.25, 0.3) is 5.91 Å². The van der Waals surface area contributed by atoms with E-state index in [0.717, 1.165) is 60.9 Å². The highest BCUT2D eigenvalue weighted by Gasteiger charge is 2.47. The highest BCUT2D eigenvalue weighted by Crippen LogP contribution is 2.38. The Bertz CT molecular complexity index is 953. The topological polar surface area (TPSA) is 61.8 Å². The summed E-state index contributed by atoms with van der Waals surface area (Å²) in [6.45, 7) is 4.05. The standard InChI is InChI=1S/C25H29N3O2/c1-18-7-11-20(12-8-18)23-24(30)28(25(27-23)15-5-3-4-6-16-25)17-22(29)26-21-13-9-19(2)10-14-21/h7-14H,3-6,15-17H2,1-2H3,(H,26,29). The van der Waals surface area contributed by atoms with Crippen molar-refractivity contribution in [1.82, 2.24) is 4.90 Å². The molecule has 1 aliphatic carbocycles. The summed E-state index contributed by atoms with van der Waals surface area (Å²) in [5.41, 5.74) is 3.74. The summed E-state index contributed by atoms with van der Waals surface area (Å²) < 4.78 is 0. The quantitative estimate of drug-likeness (QED) is 0.809. The molecule has 1 fully saturated rings. The Labute approximate surface area is 178 Å². The van der Waals surface area contributed by atoms with E-state index in [2.05, 4.69) is 5.32 Å². The fourth-order valence-corrected chi connectivity index (χ4v) is 4.41. The van der Waals surface area contributed by atoms with Crippen LogP contribution in [0.3, 0.4) is 0 Å². The molecule has 1 aliphatic heterocycles. The Morgan fingerprint density at radius 1 is 0.933 bits per heavy atom. The lowest BCUT2D eigenvalue weighted by Crippen LogP contribution is -2.50. The van der Waals surface area contributed by atoms with Crippen LogP contribution in [0.1, 0.15) is 55.2 Å². The van der Waals surface area contributed by atoms with Gasteiger partial charge in [-0.15, -0.1) is 0 Å². The zero-order valence-corrected chi connectivity index (χ0v) is 17.8. The van der Waals surface area contributed by atoms with Gasteiger partial charge in [0.15, 0.2) is 0 Å². The SMILES string of the molecule is Cc1ccc(NC(=O)CN2C(=O)C(c3ccc(C)cc3)=NC23CCCCCC3)cc1. The van der Waals surface area contributed by atoms with Crippen LogP contribution >= 0.6 is 0 Å². The molecule has 0 bridgehead atoms. The molecule has 0 radical (unpaired) electrons. The van der Waals surface area contributed by atoms with E-state index >= 15 is 0 Å². The summed E-state index contributed by atoms with van der Waals surface area (Å²) >= 11 is 0. The maximum atomic E-state index is 13.4. The second-order valence-corrected chi connectivity index (χ2v) is 8.53. The molecule has 5 nitrogen and oxygen atoms in total. The van der Waals surface area contributed by atoms with Crippen LogP contribution in [0.25, 0.3) is 0 Å². The van der Waals surface area contributed by atoms with Crippen molar-refractivity contribution in [2.75, 3.05) is 11.9 Å². The number of anilines is 1. The first-order chi connectivity index (χ1) is 14.5. The zero-order valence-electron chi connectivity index (χ0n) is 17.8. The van der Waals surface area contributed by atoms with Gasteiger partial charge < -0.3 is 10.2 Å². The second-order valence-electron chi connectivity index (χ2n) is 8.53. The molecule has 2 amide bonds. The maximum Gasteiger partial charge on any atom is 0.275 e. The van der Waals surface area contributed by atoms with Crippen molar-refractivity contribution < 1.29 is 9.59 Å². The van der Waals surface area contributed by atoms with E-state index < -0.39 is 5.66 Å². The minimum atomic E-state index is -0.599. The Morgan fingerprint density at radius 3 is 2.10 bits per heavy atom. The van der Waals surface area contributed by atoms with E-state index in [9.17, 15) is 9.59 Å². The third-order valence-electron chi connectivity index (χ3n) is 6.14. The summed E-state index contributed by atoms with van der Waals surface area (Å²) in [6, 6.07) is 15.6. The van der Waals surface area contributed by atoms with E-state index in [1.54, 1.807) is 4.90 Å². The molecular formula is C25H29N3O2. The number of amides is 2. The van der Waals surface area contributed by atoms with Crippen molar-refractivity contribution >= 4 is 23.2 Å². The molecule has 0 saturated heterocycles. The molecule has 2 aromatic rings. The number of nitrogens with zero attached hydrogens (tertiary/aromatic N) is 2. The zero-order chi connectivity index (χ0) is 21.1. The molecule has 1 spiro atoms. The molecule has 2 aliphatic rings. The highest BCUT2D eigenvalue weighted by atomic mass is 16.2. The van der Waals surface area contributed by atoms with Crippen LogP contribution in [-0.4, -0.2) is 34.6 Å². The number of aryl methyl sites for hydroxylation is 2. The Hall–Kier alpha value is -2.95. The van der Waals surface area contributed by atoms with E-state index in [4.69, 9.17) is 4.99 Å². The van der Waals surface area contributed by atoms with Gasteiger partial charge in [-0.2, -0.15) is 0 Å². The minimum absolute atomic E-state index is 0.0194. The van der Waals surface area contributed by atoms with Crippen molar-refractivity contribution in [3.05, 3.63) is 65.2 Å². The van der Waals surface area contributed by atoms with Gasteiger partial charge in [0.1, 0.15) is 17.9 Å². The fourth-order valence-electron chi connectivity index (χ4n) is 4.41. The highest BCUT2D eigenvalue weighted by molar-refractivity contribution is 6.47. The van der Waals surface area contributed by atoms with Gasteiger partial charge in [-0.3, -0.25) is 14.6 Å². The number of benzene rings is 2. The van der Waals surface area contributed by atoms with E-state index in [0.29, 0.717) is 5.71 Å². The van der Waals surface area contributed by atoms with Gasteiger partial charge in [-0.25, -0.2) is 0 Å². The lowest BCUT2D eigenvalue weighted by molar-refractivity contribution is -0.133. The number of carbonyl (C=O) groups is 2. The van der Waals surface area contributed by atoms with Gasteiger partial charge in [0.2, 0.25) is 5.91 Å². The summed E-state index contributed by atoms with van der Waals surface area (Å²) in [7, 11) is 0. The predicted octanol–water partition coefficient (Wildman–Crippen LogP) is 4.62. The molecule has 4 rings (SSSR count). The molecule has 5 heteroatoms. The Morgan fingerprint density at radius 2 is 1.50 bits per heavy atom. The Balaban J connectivity index is 1.59. The van der Waals surface area contributed by atoms with Crippen molar-refractivity contribution in [2.24, 2.45) is 4.99 Å². The van der Waals surface area contributed by atoms with Crippen molar-refractivity contribution in [3.63, 3.8) is 0 Å². The lowest BCUT2D eigenvalue weighted by atomic mass is 10.00. The summed E-state index contributed by atoms with van der Waals surface area (Å²) in [5, 5.41) is 2.93. The van der Waals surface area contributed by atoms with Gasteiger partial charge in [-0.1, -0.05) is 60.4 Å². The van der Waals surface area contributed by atoms with Gasteiger partial charge >= 0.3 is 0 Å². The van der Waals surface area contributed by atoms with Gasteiger partial charge in [-0.05, 0) is 51.7 Å². The summed E-state index contributed by atoms with van der Waals surface area (Å²) in [6.07, 6.45) is 5.96. The predicted molar refractivity (Wildman–Crippen MR) is 120 cm³/mol. The third-order valence-corrected chi connectivity index (χ3v) is 6.14. The average molecular weight is 404 g/mol. The van der Waals surface area contributed by atoms with Gasteiger partial charge in [0, 0.05) is 11.3 Å². The third kappa shape index (κ3) is 4.16. The smallest absolute Gasteiger partial charge is 0.275 e. The Kier molecular flexibility index (Phi) is 5.71. The lowest BCUT2D eigenvalue weighted by Gasteiger charge is -2.35. The van der Waals surface area contributed by atoms with Crippen LogP contribution in [-0.2, 0) is 9.59 Å².